The summed E-state index contributed by atoms with van der Waals surface area (Å²) in [7, 11) is 0. The Balaban J connectivity index is 1.22. The van der Waals surface area contributed by atoms with Crippen LogP contribution in [0.5, 0.6) is 0 Å². The van der Waals surface area contributed by atoms with Crippen LogP contribution in [0.4, 0.5) is 18.9 Å². The number of anilines is 1. The van der Waals surface area contributed by atoms with Gasteiger partial charge in [0.05, 0.1) is 27.9 Å². The molecule has 230 valence electrons. The van der Waals surface area contributed by atoms with Gasteiger partial charge in [-0.05, 0) is 67.9 Å². The van der Waals surface area contributed by atoms with Gasteiger partial charge in [0.25, 0.3) is 5.56 Å². The highest BCUT2D eigenvalue weighted by molar-refractivity contribution is 7.99. The fraction of sp³-hybridized carbons (Fsp3) is 0.333. The summed E-state index contributed by atoms with van der Waals surface area (Å²) in [5.74, 6) is -0.758. The molecule has 1 saturated carbocycles. The molecular formula is C33H33F3N4O3S. The minimum Gasteiger partial charge on any atom is -0.356 e. The van der Waals surface area contributed by atoms with Gasteiger partial charge in [-0.2, -0.15) is 13.2 Å². The minimum absolute atomic E-state index is 0.0540. The molecule has 0 radical (unpaired) electrons. The van der Waals surface area contributed by atoms with Gasteiger partial charge in [-0.25, -0.2) is 4.98 Å². The van der Waals surface area contributed by atoms with E-state index in [-0.39, 0.29) is 34.7 Å². The summed E-state index contributed by atoms with van der Waals surface area (Å²) in [6.45, 7) is 0.955. The smallest absolute Gasteiger partial charge is 0.356 e. The lowest BCUT2D eigenvalue weighted by atomic mass is 9.81. The number of hydrogen-bond donors (Lipinski definition) is 2. The lowest BCUT2D eigenvalue weighted by Crippen LogP contribution is -2.35. The van der Waals surface area contributed by atoms with Crippen LogP contribution >= 0.6 is 11.8 Å². The van der Waals surface area contributed by atoms with Crippen LogP contribution in [0.2, 0.25) is 0 Å². The van der Waals surface area contributed by atoms with Crippen molar-refractivity contribution in [3.63, 3.8) is 0 Å². The Hall–Kier alpha value is -4.12. The zero-order valence-corrected chi connectivity index (χ0v) is 24.8. The number of alkyl halides is 3. The van der Waals surface area contributed by atoms with E-state index in [2.05, 4.69) is 15.6 Å². The second kappa shape index (κ2) is 14.1. The summed E-state index contributed by atoms with van der Waals surface area (Å²) in [5.41, 5.74) is 0.162. The number of hydrogen-bond acceptors (Lipinski definition) is 5. The molecule has 0 spiro atoms. The Morgan fingerprint density at radius 2 is 1.59 bits per heavy atom. The maximum atomic E-state index is 13.5. The Kier molecular flexibility index (Phi) is 10.0. The van der Waals surface area contributed by atoms with Crippen molar-refractivity contribution in [2.45, 2.75) is 50.0 Å². The van der Waals surface area contributed by atoms with E-state index in [1.54, 1.807) is 28.8 Å². The van der Waals surface area contributed by atoms with Crippen LogP contribution in [0.3, 0.4) is 0 Å². The number of halogens is 3. The Morgan fingerprint density at radius 1 is 0.909 bits per heavy atom. The first-order chi connectivity index (χ1) is 21.2. The van der Waals surface area contributed by atoms with Crippen molar-refractivity contribution in [3.05, 3.63) is 100 Å². The van der Waals surface area contributed by atoms with Crippen LogP contribution in [0.15, 0.2) is 88.8 Å². The van der Waals surface area contributed by atoms with Crippen LogP contribution < -0.4 is 16.2 Å². The molecule has 1 fully saturated rings. The highest BCUT2D eigenvalue weighted by Crippen LogP contribution is 2.35. The number of rotatable bonds is 10. The van der Waals surface area contributed by atoms with Gasteiger partial charge in [0.2, 0.25) is 11.8 Å². The monoisotopic (exact) mass is 622 g/mol. The van der Waals surface area contributed by atoms with E-state index in [1.165, 1.54) is 23.8 Å². The summed E-state index contributed by atoms with van der Waals surface area (Å²) in [6, 6.07) is 21.7. The van der Waals surface area contributed by atoms with E-state index in [0.29, 0.717) is 42.0 Å². The summed E-state index contributed by atoms with van der Waals surface area (Å²) < 4.78 is 41.7. The average Bonchev–Trinajstić information content (AvgIpc) is 3.02. The number of nitrogens with one attached hydrogen (secondary N) is 2. The van der Waals surface area contributed by atoms with Gasteiger partial charge in [-0.15, -0.1) is 0 Å². The van der Waals surface area contributed by atoms with Crippen molar-refractivity contribution >= 4 is 40.2 Å². The van der Waals surface area contributed by atoms with Crippen molar-refractivity contribution in [2.75, 3.05) is 17.6 Å². The molecule has 2 amide bonds. The molecule has 1 aromatic heterocycles. The minimum atomic E-state index is -4.61. The molecule has 1 heterocycles. The van der Waals surface area contributed by atoms with Gasteiger partial charge >= 0.3 is 6.18 Å². The fourth-order valence-corrected chi connectivity index (χ4v) is 6.37. The third-order valence-electron chi connectivity index (χ3n) is 7.88. The molecule has 0 unspecified atom stereocenters. The van der Waals surface area contributed by atoms with E-state index in [1.807, 2.05) is 30.3 Å². The van der Waals surface area contributed by atoms with Crippen molar-refractivity contribution in [3.8, 4) is 0 Å². The van der Waals surface area contributed by atoms with E-state index in [9.17, 15) is 27.6 Å². The van der Waals surface area contributed by atoms with Crippen LogP contribution in [0, 0.1) is 11.8 Å². The van der Waals surface area contributed by atoms with E-state index in [0.717, 1.165) is 37.1 Å². The molecule has 0 atom stereocenters. The molecule has 4 aromatic rings. The lowest BCUT2D eigenvalue weighted by molar-refractivity contribution is -0.137. The number of aromatic nitrogens is 2. The maximum absolute atomic E-state index is 13.5. The first kappa shape index (κ1) is 31.3. The molecule has 0 aliphatic heterocycles. The standard InChI is InChI=1S/C33H33F3N4O3S/c34-33(35,36)26-11-5-7-13-28(26)38-29(41)21-44-32-39-27-12-6-4-10-25(27)31(43)40(32)20-23-14-16-24(17-15-23)30(42)37-19-18-22-8-2-1-3-9-22/h1-13,23-24H,14-21H2,(H,37,42)(H,38,41). The second-order valence-electron chi connectivity index (χ2n) is 11.0. The molecule has 0 saturated heterocycles. The van der Waals surface area contributed by atoms with Gasteiger partial charge in [0, 0.05) is 19.0 Å². The largest absolute Gasteiger partial charge is 0.418 e. The van der Waals surface area contributed by atoms with Gasteiger partial charge in [0.15, 0.2) is 5.16 Å². The molecule has 44 heavy (non-hydrogen) atoms. The van der Waals surface area contributed by atoms with Gasteiger partial charge in [-0.1, -0.05) is 66.4 Å². The number of fused-ring (bicyclic) bond motifs is 1. The van der Waals surface area contributed by atoms with Crippen LogP contribution in [0.25, 0.3) is 10.9 Å². The molecule has 2 N–H and O–H groups in total. The van der Waals surface area contributed by atoms with Gasteiger partial charge in [-0.3, -0.25) is 19.0 Å². The maximum Gasteiger partial charge on any atom is 0.418 e. The fourth-order valence-electron chi connectivity index (χ4n) is 5.56. The Morgan fingerprint density at radius 3 is 2.34 bits per heavy atom. The number of para-hydroxylation sites is 2. The zero-order chi connectivity index (χ0) is 31.1. The van der Waals surface area contributed by atoms with Gasteiger partial charge < -0.3 is 10.6 Å². The number of carbonyl (C=O) groups excluding carboxylic acids is 2. The Bertz CT molecular complexity index is 1670. The predicted molar refractivity (Wildman–Crippen MR) is 165 cm³/mol. The number of carbonyl (C=O) groups is 2. The zero-order valence-electron chi connectivity index (χ0n) is 24.0. The lowest BCUT2D eigenvalue weighted by Gasteiger charge is -2.28. The molecule has 1 aliphatic rings. The topological polar surface area (TPSA) is 93.1 Å². The van der Waals surface area contributed by atoms with Crippen molar-refractivity contribution < 1.29 is 22.8 Å². The van der Waals surface area contributed by atoms with Crippen LogP contribution in [-0.4, -0.2) is 33.7 Å². The quantitative estimate of drug-likeness (QED) is 0.160. The van der Waals surface area contributed by atoms with Crippen molar-refractivity contribution in [1.82, 2.24) is 14.9 Å². The first-order valence-electron chi connectivity index (χ1n) is 14.6. The average molecular weight is 623 g/mol. The number of amides is 2. The molecule has 11 heteroatoms. The van der Waals surface area contributed by atoms with Crippen molar-refractivity contribution in [1.29, 1.82) is 0 Å². The number of thioether (sulfide) groups is 1. The van der Waals surface area contributed by atoms with Gasteiger partial charge in [0.1, 0.15) is 0 Å². The summed E-state index contributed by atoms with van der Waals surface area (Å²) in [6.07, 6.45) is -0.905. The predicted octanol–water partition coefficient (Wildman–Crippen LogP) is 6.31. The Labute approximate surface area is 257 Å². The molecule has 1 aliphatic carbocycles. The third kappa shape index (κ3) is 7.88. The van der Waals surface area contributed by atoms with E-state index in [4.69, 9.17) is 0 Å². The molecule has 3 aromatic carbocycles. The van der Waals surface area contributed by atoms with Crippen molar-refractivity contribution in [2.24, 2.45) is 11.8 Å². The normalized spacial score (nSPS) is 16.9. The molecular weight excluding hydrogens is 589 g/mol. The number of benzene rings is 3. The molecule has 5 rings (SSSR count). The first-order valence-corrected chi connectivity index (χ1v) is 15.6. The van der Waals surface area contributed by atoms with Crippen LogP contribution in [0.1, 0.15) is 36.8 Å². The number of nitrogens with zero attached hydrogens (tertiary/aromatic N) is 2. The second-order valence-corrected chi connectivity index (χ2v) is 11.9. The van der Waals surface area contributed by atoms with E-state index < -0.39 is 17.6 Å². The molecule has 0 bridgehead atoms. The van der Waals surface area contributed by atoms with E-state index >= 15 is 0 Å². The summed E-state index contributed by atoms with van der Waals surface area (Å²) in [5, 5.41) is 6.18. The third-order valence-corrected chi connectivity index (χ3v) is 8.86. The summed E-state index contributed by atoms with van der Waals surface area (Å²) >= 11 is 1.01. The SMILES string of the molecule is O=C(CSc1nc2ccccc2c(=O)n1CC1CCC(C(=O)NCCc2ccccc2)CC1)Nc1ccccc1C(F)(F)F. The molecule has 7 nitrogen and oxygen atoms in total. The summed E-state index contributed by atoms with van der Waals surface area (Å²) in [4.78, 5) is 43.7. The highest BCUT2D eigenvalue weighted by atomic mass is 32.2. The van der Waals surface area contributed by atoms with Crippen LogP contribution in [-0.2, 0) is 28.7 Å². The highest BCUT2D eigenvalue weighted by Gasteiger charge is 2.33.